The minimum atomic E-state index is -0.629. The molecule has 0 aromatic rings. The van der Waals surface area contributed by atoms with E-state index in [-0.39, 0.29) is 11.1 Å². The van der Waals surface area contributed by atoms with E-state index in [9.17, 15) is 0 Å². The molecule has 14 heavy (non-hydrogen) atoms. The van der Waals surface area contributed by atoms with Crippen molar-refractivity contribution in [2.45, 2.75) is 52.6 Å². The highest BCUT2D eigenvalue weighted by Crippen LogP contribution is 2.58. The van der Waals surface area contributed by atoms with E-state index < -0.39 is 7.58 Å². The largest absolute Gasteiger partial charge is 0.251 e. The molecule has 0 aromatic heterocycles. The first-order valence-corrected chi connectivity index (χ1v) is 7.30. The first kappa shape index (κ1) is 12.7. The molecule has 0 aromatic carbocycles. The second-order valence-corrected chi connectivity index (χ2v) is 8.18. The fourth-order valence-corrected chi connectivity index (χ4v) is 5.22. The van der Waals surface area contributed by atoms with Crippen LogP contribution in [0.4, 0.5) is 0 Å². The van der Waals surface area contributed by atoms with Gasteiger partial charge in [0.2, 0.25) is 0 Å². The van der Waals surface area contributed by atoms with Gasteiger partial charge < -0.3 is 0 Å². The molecule has 4 heteroatoms. The third-order valence-electron chi connectivity index (χ3n) is 2.47. The van der Waals surface area contributed by atoms with Crippen LogP contribution in [0.15, 0.2) is 0 Å². The Morgan fingerprint density at radius 3 is 1.29 bits per heavy atom. The van der Waals surface area contributed by atoms with Gasteiger partial charge in [0.05, 0.1) is 0 Å². The van der Waals surface area contributed by atoms with Crippen molar-refractivity contribution in [2.75, 3.05) is 13.1 Å². The SMILES string of the molecule is CC(C)(C)N1CCN(C(C)(C)C)P1Cl. The summed E-state index contributed by atoms with van der Waals surface area (Å²) in [6, 6.07) is 0. The van der Waals surface area contributed by atoms with E-state index in [1.165, 1.54) is 0 Å². The molecule has 0 atom stereocenters. The summed E-state index contributed by atoms with van der Waals surface area (Å²) in [4.78, 5) is 0. The maximum atomic E-state index is 6.53. The van der Waals surface area contributed by atoms with E-state index >= 15 is 0 Å². The van der Waals surface area contributed by atoms with Crippen LogP contribution < -0.4 is 0 Å². The van der Waals surface area contributed by atoms with Gasteiger partial charge in [-0.1, -0.05) is 11.2 Å². The Balaban J connectivity index is 2.75. The first-order valence-electron chi connectivity index (χ1n) is 5.15. The van der Waals surface area contributed by atoms with E-state index in [1.54, 1.807) is 0 Å². The van der Waals surface area contributed by atoms with E-state index in [4.69, 9.17) is 11.2 Å². The molecule has 1 aliphatic rings. The van der Waals surface area contributed by atoms with Crippen molar-refractivity contribution in [3.63, 3.8) is 0 Å². The van der Waals surface area contributed by atoms with Gasteiger partial charge in [-0.3, -0.25) is 9.34 Å². The summed E-state index contributed by atoms with van der Waals surface area (Å²) in [6.45, 7) is 15.6. The summed E-state index contributed by atoms with van der Waals surface area (Å²) in [5.41, 5.74) is 0.376. The van der Waals surface area contributed by atoms with Crippen molar-refractivity contribution < 1.29 is 0 Å². The minimum Gasteiger partial charge on any atom is -0.251 e. The summed E-state index contributed by atoms with van der Waals surface area (Å²) >= 11 is 6.53. The zero-order valence-corrected chi connectivity index (χ0v) is 11.8. The van der Waals surface area contributed by atoms with Crippen LogP contribution in [0.3, 0.4) is 0 Å². The highest BCUT2D eigenvalue weighted by molar-refractivity contribution is 7.80. The topological polar surface area (TPSA) is 6.48 Å². The van der Waals surface area contributed by atoms with Crippen molar-refractivity contribution in [1.29, 1.82) is 0 Å². The molecular formula is C10H22ClN2P. The second-order valence-electron chi connectivity index (χ2n) is 5.83. The number of rotatable bonds is 0. The average Bonchev–Trinajstić information content (AvgIpc) is 2.26. The van der Waals surface area contributed by atoms with Crippen LogP contribution >= 0.6 is 18.8 Å². The summed E-state index contributed by atoms with van der Waals surface area (Å²) in [7, 11) is -0.629. The zero-order valence-electron chi connectivity index (χ0n) is 10.1. The number of hydrogen-bond acceptors (Lipinski definition) is 2. The third kappa shape index (κ3) is 2.61. The Morgan fingerprint density at radius 1 is 0.857 bits per heavy atom. The maximum Gasteiger partial charge on any atom is 0.141 e. The Kier molecular flexibility index (Phi) is 3.54. The van der Waals surface area contributed by atoms with Crippen LogP contribution in [0.25, 0.3) is 0 Å². The number of nitrogens with zero attached hydrogens (tertiary/aromatic N) is 2. The Morgan fingerprint density at radius 2 is 1.14 bits per heavy atom. The predicted octanol–water partition coefficient (Wildman–Crippen LogP) is 3.67. The van der Waals surface area contributed by atoms with Crippen LogP contribution in [0.2, 0.25) is 0 Å². The quantitative estimate of drug-likeness (QED) is 0.592. The van der Waals surface area contributed by atoms with E-state index in [0.717, 1.165) is 13.1 Å². The molecule has 2 nitrogen and oxygen atoms in total. The molecule has 0 amide bonds. The van der Waals surface area contributed by atoms with Gasteiger partial charge in [0.15, 0.2) is 0 Å². The highest BCUT2D eigenvalue weighted by atomic mass is 35.7. The molecule has 1 fully saturated rings. The van der Waals surface area contributed by atoms with Gasteiger partial charge in [-0.25, -0.2) is 0 Å². The van der Waals surface area contributed by atoms with Crippen molar-refractivity contribution in [1.82, 2.24) is 9.34 Å². The molecule has 1 heterocycles. The third-order valence-corrected chi connectivity index (χ3v) is 5.96. The van der Waals surface area contributed by atoms with Gasteiger partial charge in [-0.05, 0) is 41.5 Å². The van der Waals surface area contributed by atoms with Gasteiger partial charge in [-0.15, -0.1) is 0 Å². The Labute approximate surface area is 94.2 Å². The Hall–Kier alpha value is 0.640. The summed E-state index contributed by atoms with van der Waals surface area (Å²) in [6.07, 6.45) is 0. The van der Waals surface area contributed by atoms with Crippen LogP contribution in [-0.2, 0) is 0 Å². The second kappa shape index (κ2) is 3.90. The molecule has 0 saturated carbocycles. The van der Waals surface area contributed by atoms with Crippen molar-refractivity contribution in [3.8, 4) is 0 Å². The lowest BCUT2D eigenvalue weighted by Gasteiger charge is -2.39. The van der Waals surface area contributed by atoms with Gasteiger partial charge in [0, 0.05) is 24.2 Å². The van der Waals surface area contributed by atoms with E-state index in [0.29, 0.717) is 0 Å². The number of hydrogen-bond donors (Lipinski definition) is 0. The molecule has 0 bridgehead atoms. The van der Waals surface area contributed by atoms with Gasteiger partial charge in [0.1, 0.15) is 7.58 Å². The molecule has 1 aliphatic heterocycles. The molecule has 84 valence electrons. The molecule has 0 radical (unpaired) electrons. The lowest BCUT2D eigenvalue weighted by atomic mass is 10.1. The maximum absolute atomic E-state index is 6.53. The zero-order chi connectivity index (χ0) is 11.1. The fraction of sp³-hybridized carbons (Fsp3) is 1.00. The van der Waals surface area contributed by atoms with Crippen LogP contribution in [0.1, 0.15) is 41.5 Å². The van der Waals surface area contributed by atoms with E-state index in [2.05, 4.69) is 50.9 Å². The van der Waals surface area contributed by atoms with Gasteiger partial charge in [-0.2, -0.15) is 0 Å². The molecule has 1 saturated heterocycles. The monoisotopic (exact) mass is 236 g/mol. The molecule has 0 unspecified atom stereocenters. The molecule has 1 rings (SSSR count). The Bertz CT molecular complexity index is 185. The van der Waals surface area contributed by atoms with Crippen molar-refractivity contribution >= 4 is 18.8 Å². The first-order chi connectivity index (χ1) is 6.14. The summed E-state index contributed by atoms with van der Waals surface area (Å²) < 4.78 is 4.82. The molecule has 0 spiro atoms. The van der Waals surface area contributed by atoms with Crippen molar-refractivity contribution in [2.24, 2.45) is 0 Å². The predicted molar refractivity (Wildman–Crippen MR) is 65.7 cm³/mol. The molecule has 0 aliphatic carbocycles. The average molecular weight is 237 g/mol. The van der Waals surface area contributed by atoms with E-state index in [1.807, 2.05) is 0 Å². The highest BCUT2D eigenvalue weighted by Gasteiger charge is 2.41. The lowest BCUT2D eigenvalue weighted by molar-refractivity contribution is 0.271. The minimum absolute atomic E-state index is 0.188. The van der Waals surface area contributed by atoms with Crippen LogP contribution in [0, 0.1) is 0 Å². The molecule has 0 N–H and O–H groups in total. The van der Waals surface area contributed by atoms with Gasteiger partial charge in [0.25, 0.3) is 0 Å². The summed E-state index contributed by atoms with van der Waals surface area (Å²) in [5.74, 6) is 0. The van der Waals surface area contributed by atoms with Crippen LogP contribution in [0.5, 0.6) is 0 Å². The van der Waals surface area contributed by atoms with Gasteiger partial charge >= 0.3 is 0 Å². The molecular weight excluding hydrogens is 215 g/mol. The fourth-order valence-electron chi connectivity index (χ4n) is 1.65. The summed E-state index contributed by atoms with van der Waals surface area (Å²) in [5, 5.41) is 0. The normalized spacial score (nSPS) is 23.4. The lowest BCUT2D eigenvalue weighted by Crippen LogP contribution is -2.36. The smallest absolute Gasteiger partial charge is 0.141 e. The number of halogens is 1. The van der Waals surface area contributed by atoms with Crippen molar-refractivity contribution in [3.05, 3.63) is 0 Å². The van der Waals surface area contributed by atoms with Crippen LogP contribution in [-0.4, -0.2) is 33.5 Å². The standard InChI is InChI=1S/C10H22ClN2P/c1-9(2,3)12-7-8-13(14(12)11)10(4,5)6/h7-8H2,1-6H3.